The number of hydrogen-bond acceptors (Lipinski definition) is 2. The van der Waals surface area contributed by atoms with Crippen LogP contribution in [0.5, 0.6) is 0 Å². The lowest BCUT2D eigenvalue weighted by molar-refractivity contribution is 0.640. The Bertz CT molecular complexity index is 575. The van der Waals surface area contributed by atoms with E-state index in [1.807, 2.05) is 0 Å². The molecule has 0 unspecified atom stereocenters. The van der Waals surface area contributed by atoms with Gasteiger partial charge in [-0.2, -0.15) is 0 Å². The number of aromatic nitrogens is 1. The van der Waals surface area contributed by atoms with Crippen molar-refractivity contribution in [2.45, 2.75) is 45.6 Å². The number of hydrogen-bond donors (Lipinski definition) is 1. The molecule has 0 atom stereocenters. The molecule has 0 bridgehead atoms. The van der Waals surface area contributed by atoms with Crippen molar-refractivity contribution in [1.29, 1.82) is 0 Å². The molecule has 0 spiro atoms. The number of aryl methyl sites for hydroxylation is 1. The average Bonchev–Trinajstić information content (AvgIpc) is 2.90. The number of unbranched alkanes of at least 4 members (excludes halogenated alkanes) is 1. The Kier molecular flexibility index (Phi) is 3.79. The summed E-state index contributed by atoms with van der Waals surface area (Å²) in [7, 11) is 0. The maximum atomic E-state index is 4.83. The number of nitrogens with one attached hydrogen (secondary N) is 1. The van der Waals surface area contributed by atoms with Crippen LogP contribution in [0.15, 0.2) is 24.3 Å². The minimum atomic E-state index is 0.991. The van der Waals surface area contributed by atoms with Crippen molar-refractivity contribution in [3.63, 3.8) is 0 Å². The van der Waals surface area contributed by atoms with Crippen molar-refractivity contribution in [1.82, 2.24) is 10.3 Å². The van der Waals surface area contributed by atoms with Crippen LogP contribution in [0.2, 0.25) is 0 Å². The topological polar surface area (TPSA) is 24.9 Å². The van der Waals surface area contributed by atoms with Crippen LogP contribution in [0.4, 0.5) is 0 Å². The Balaban J connectivity index is 1.95. The van der Waals surface area contributed by atoms with Crippen LogP contribution in [-0.4, -0.2) is 11.5 Å². The van der Waals surface area contributed by atoms with Gasteiger partial charge in [-0.15, -0.1) is 0 Å². The third kappa shape index (κ3) is 2.50. The van der Waals surface area contributed by atoms with Crippen molar-refractivity contribution >= 4 is 10.9 Å². The number of rotatable bonds is 5. The molecule has 1 aromatic heterocycles. The molecule has 3 rings (SSSR count). The third-order valence-electron chi connectivity index (χ3n) is 4.05. The van der Waals surface area contributed by atoms with E-state index in [1.54, 1.807) is 0 Å². The summed E-state index contributed by atoms with van der Waals surface area (Å²) in [6.45, 7) is 4.34. The van der Waals surface area contributed by atoms with Crippen molar-refractivity contribution in [2.75, 3.05) is 6.54 Å². The van der Waals surface area contributed by atoms with Crippen molar-refractivity contribution in [2.24, 2.45) is 0 Å². The lowest BCUT2D eigenvalue weighted by atomic mass is 10.0. The Hall–Kier alpha value is -1.41. The fraction of sp³-hybridized carbons (Fsp3) is 0.471. The summed E-state index contributed by atoms with van der Waals surface area (Å²) < 4.78 is 0. The highest BCUT2D eigenvalue weighted by atomic mass is 14.8. The zero-order valence-electron chi connectivity index (χ0n) is 11.7. The first-order chi connectivity index (χ1) is 9.40. The average molecular weight is 254 g/mol. The normalized spacial score (nSPS) is 13.9. The summed E-state index contributed by atoms with van der Waals surface area (Å²) in [5.74, 6) is 0. The maximum absolute atomic E-state index is 4.83. The first kappa shape index (κ1) is 12.6. The van der Waals surface area contributed by atoms with Crippen LogP contribution >= 0.6 is 0 Å². The van der Waals surface area contributed by atoms with Gasteiger partial charge in [0.15, 0.2) is 0 Å². The quantitative estimate of drug-likeness (QED) is 0.824. The van der Waals surface area contributed by atoms with Crippen molar-refractivity contribution < 1.29 is 0 Å². The second kappa shape index (κ2) is 5.70. The highest BCUT2D eigenvalue weighted by Crippen LogP contribution is 2.29. The molecule has 19 heavy (non-hydrogen) atoms. The van der Waals surface area contributed by atoms with Gasteiger partial charge < -0.3 is 5.32 Å². The van der Waals surface area contributed by atoms with E-state index in [-0.39, 0.29) is 0 Å². The second-order valence-corrected chi connectivity index (χ2v) is 5.42. The number of pyridine rings is 1. The van der Waals surface area contributed by atoms with Crippen molar-refractivity contribution in [3.05, 3.63) is 41.1 Å². The number of benzene rings is 1. The SMILES string of the molecule is CCCCNCc1c2c(nc3ccccc13)CCC2. The smallest absolute Gasteiger partial charge is 0.0708 e. The molecule has 1 aliphatic rings. The van der Waals surface area contributed by atoms with Crippen LogP contribution in [0.1, 0.15) is 43.0 Å². The van der Waals surface area contributed by atoms with Gasteiger partial charge in [-0.1, -0.05) is 31.5 Å². The van der Waals surface area contributed by atoms with Gasteiger partial charge in [-0.05, 0) is 49.4 Å². The number of fused-ring (bicyclic) bond motifs is 2. The first-order valence-electron chi connectivity index (χ1n) is 7.50. The molecule has 2 aromatic rings. The van der Waals surface area contributed by atoms with Gasteiger partial charge in [-0.25, -0.2) is 0 Å². The molecular weight excluding hydrogens is 232 g/mol. The number of nitrogens with zero attached hydrogens (tertiary/aromatic N) is 1. The van der Waals surface area contributed by atoms with Gasteiger partial charge in [0.2, 0.25) is 0 Å². The lowest BCUT2D eigenvalue weighted by Gasteiger charge is -2.13. The van der Waals surface area contributed by atoms with E-state index in [0.29, 0.717) is 0 Å². The van der Waals surface area contributed by atoms with E-state index in [4.69, 9.17) is 4.98 Å². The Morgan fingerprint density at radius 2 is 2.11 bits per heavy atom. The predicted molar refractivity (Wildman–Crippen MR) is 80.4 cm³/mol. The summed E-state index contributed by atoms with van der Waals surface area (Å²) in [5, 5.41) is 4.94. The molecular formula is C17H22N2. The molecule has 0 radical (unpaired) electrons. The van der Waals surface area contributed by atoms with Crippen LogP contribution < -0.4 is 5.32 Å². The molecule has 0 aliphatic heterocycles. The fourth-order valence-corrected chi connectivity index (χ4v) is 3.03. The molecule has 1 aliphatic carbocycles. The summed E-state index contributed by atoms with van der Waals surface area (Å²) >= 11 is 0. The zero-order chi connectivity index (χ0) is 13.1. The molecule has 0 saturated carbocycles. The van der Waals surface area contributed by atoms with Crippen molar-refractivity contribution in [3.8, 4) is 0 Å². The van der Waals surface area contributed by atoms with E-state index in [9.17, 15) is 0 Å². The Labute approximate surface area is 115 Å². The number of para-hydroxylation sites is 1. The van der Waals surface area contributed by atoms with E-state index in [2.05, 4.69) is 36.5 Å². The molecule has 2 nitrogen and oxygen atoms in total. The highest BCUT2D eigenvalue weighted by molar-refractivity contribution is 5.84. The molecule has 100 valence electrons. The largest absolute Gasteiger partial charge is 0.313 e. The minimum Gasteiger partial charge on any atom is -0.313 e. The van der Waals surface area contributed by atoms with Crippen LogP contribution in [-0.2, 0) is 19.4 Å². The van der Waals surface area contributed by atoms with E-state index >= 15 is 0 Å². The van der Waals surface area contributed by atoms with E-state index in [1.165, 1.54) is 47.9 Å². The van der Waals surface area contributed by atoms with Gasteiger partial charge in [0.1, 0.15) is 0 Å². The summed E-state index contributed by atoms with van der Waals surface area (Å²) in [6.07, 6.45) is 6.13. The Morgan fingerprint density at radius 1 is 1.21 bits per heavy atom. The summed E-state index contributed by atoms with van der Waals surface area (Å²) in [6, 6.07) is 8.58. The summed E-state index contributed by atoms with van der Waals surface area (Å²) in [4.78, 5) is 4.83. The molecule has 1 aromatic carbocycles. The Morgan fingerprint density at radius 3 is 3.00 bits per heavy atom. The fourth-order valence-electron chi connectivity index (χ4n) is 3.03. The van der Waals surface area contributed by atoms with Crippen LogP contribution in [0.25, 0.3) is 10.9 Å². The van der Waals surface area contributed by atoms with Gasteiger partial charge >= 0.3 is 0 Å². The van der Waals surface area contributed by atoms with Gasteiger partial charge in [-0.3, -0.25) is 4.98 Å². The molecule has 1 N–H and O–H groups in total. The van der Waals surface area contributed by atoms with Gasteiger partial charge in [0, 0.05) is 17.6 Å². The molecule has 0 fully saturated rings. The zero-order valence-corrected chi connectivity index (χ0v) is 11.7. The maximum Gasteiger partial charge on any atom is 0.0708 e. The van der Waals surface area contributed by atoms with Crippen LogP contribution in [0, 0.1) is 0 Å². The molecule has 1 heterocycles. The summed E-state index contributed by atoms with van der Waals surface area (Å²) in [5.41, 5.74) is 5.51. The van der Waals surface area contributed by atoms with Gasteiger partial charge in [0.25, 0.3) is 0 Å². The molecule has 2 heteroatoms. The second-order valence-electron chi connectivity index (χ2n) is 5.42. The first-order valence-corrected chi connectivity index (χ1v) is 7.50. The standard InChI is InChI=1S/C17H22N2/c1-2-3-11-18-12-15-13-7-4-5-9-16(13)19-17-10-6-8-14(15)17/h4-5,7,9,18H,2-3,6,8,10-12H2,1H3. The van der Waals surface area contributed by atoms with Crippen LogP contribution in [0.3, 0.4) is 0 Å². The minimum absolute atomic E-state index is 0.991. The van der Waals surface area contributed by atoms with Gasteiger partial charge in [0.05, 0.1) is 5.52 Å². The highest BCUT2D eigenvalue weighted by Gasteiger charge is 2.18. The molecule has 0 saturated heterocycles. The van der Waals surface area contributed by atoms with E-state index in [0.717, 1.165) is 25.0 Å². The third-order valence-corrected chi connectivity index (χ3v) is 4.05. The van der Waals surface area contributed by atoms with E-state index < -0.39 is 0 Å². The monoisotopic (exact) mass is 254 g/mol. The lowest BCUT2D eigenvalue weighted by Crippen LogP contribution is -2.16. The molecule has 0 amide bonds. The predicted octanol–water partition coefficient (Wildman–Crippen LogP) is 3.61.